The molecule has 2 heteroatoms. The van der Waals surface area contributed by atoms with Crippen molar-refractivity contribution in [3.8, 4) is 0 Å². The number of carbonyl (C=O) groups is 1. The summed E-state index contributed by atoms with van der Waals surface area (Å²) in [6.07, 6.45) is 13.0. The highest BCUT2D eigenvalue weighted by atomic mass is 16.3. The predicted octanol–water partition coefficient (Wildman–Crippen LogP) is 4.29. The highest BCUT2D eigenvalue weighted by Crippen LogP contribution is 2.66. The van der Waals surface area contributed by atoms with Gasteiger partial charge in [-0.2, -0.15) is 0 Å². The number of fused-ring (bicyclic) bond motifs is 5. The zero-order valence-electron chi connectivity index (χ0n) is 14.7. The van der Waals surface area contributed by atoms with Crippen LogP contribution in [0.3, 0.4) is 0 Å². The molecule has 4 aliphatic rings. The van der Waals surface area contributed by atoms with Gasteiger partial charge in [-0.3, -0.25) is 4.79 Å². The van der Waals surface area contributed by atoms with Crippen molar-refractivity contribution < 1.29 is 9.90 Å². The van der Waals surface area contributed by atoms with Crippen LogP contribution < -0.4 is 0 Å². The summed E-state index contributed by atoms with van der Waals surface area (Å²) >= 11 is 0. The molecule has 0 aromatic heterocycles. The Bertz CT molecular complexity index is 587. The van der Waals surface area contributed by atoms with Crippen LogP contribution in [0.4, 0.5) is 0 Å². The van der Waals surface area contributed by atoms with Crippen LogP contribution in [0.1, 0.15) is 59.3 Å². The Morgan fingerprint density at radius 1 is 1.17 bits per heavy atom. The van der Waals surface area contributed by atoms with E-state index >= 15 is 0 Å². The van der Waals surface area contributed by atoms with Crippen molar-refractivity contribution in [2.24, 2.45) is 34.5 Å². The number of allylic oxidation sites excluding steroid dienone is 4. The highest BCUT2D eigenvalue weighted by molar-refractivity contribution is 6.01. The molecule has 4 rings (SSSR count). The molecule has 0 heterocycles. The van der Waals surface area contributed by atoms with Gasteiger partial charge in [-0.15, -0.1) is 0 Å². The molecule has 0 amide bonds. The van der Waals surface area contributed by atoms with Crippen LogP contribution in [0.25, 0.3) is 0 Å². The van der Waals surface area contributed by atoms with E-state index in [2.05, 4.69) is 19.9 Å². The fourth-order valence-corrected chi connectivity index (χ4v) is 7.03. The molecule has 0 radical (unpaired) electrons. The van der Waals surface area contributed by atoms with Gasteiger partial charge in [-0.1, -0.05) is 25.5 Å². The zero-order valence-corrected chi connectivity index (χ0v) is 14.7. The van der Waals surface area contributed by atoms with Crippen LogP contribution in [0.5, 0.6) is 0 Å². The molecule has 3 fully saturated rings. The molecular weight excluding hydrogens is 284 g/mol. The summed E-state index contributed by atoms with van der Waals surface area (Å²) in [7, 11) is 0. The first-order valence-electron chi connectivity index (χ1n) is 9.48. The Balaban J connectivity index is 1.67. The minimum absolute atomic E-state index is 0.0983. The molecule has 7 atom stereocenters. The molecule has 0 spiro atoms. The van der Waals surface area contributed by atoms with Gasteiger partial charge < -0.3 is 5.11 Å². The second-order valence-electron chi connectivity index (χ2n) is 9.07. The number of aliphatic hydroxyl groups is 1. The molecule has 0 aromatic carbocycles. The number of ketones is 1. The van der Waals surface area contributed by atoms with Gasteiger partial charge in [-0.05, 0) is 86.7 Å². The zero-order chi connectivity index (χ0) is 16.4. The molecule has 0 saturated heterocycles. The van der Waals surface area contributed by atoms with E-state index in [4.69, 9.17) is 0 Å². The van der Waals surface area contributed by atoms with Gasteiger partial charge in [0.25, 0.3) is 0 Å². The van der Waals surface area contributed by atoms with Crippen LogP contribution in [-0.2, 0) is 4.79 Å². The maximum absolute atomic E-state index is 11.8. The van der Waals surface area contributed by atoms with Crippen LogP contribution >= 0.6 is 0 Å². The fraction of sp³-hybridized carbons (Fsp3) is 0.762. The monoisotopic (exact) mass is 314 g/mol. The first-order chi connectivity index (χ1) is 10.9. The average molecular weight is 314 g/mol. The van der Waals surface area contributed by atoms with Gasteiger partial charge in [0.1, 0.15) is 0 Å². The summed E-state index contributed by atoms with van der Waals surface area (Å²) in [4.78, 5) is 11.8. The molecule has 0 aliphatic heterocycles. The number of carbonyl (C=O) groups excluding carboxylic acids is 1. The first kappa shape index (κ1) is 15.6. The Labute approximate surface area is 140 Å². The molecule has 0 bridgehead atoms. The minimum atomic E-state index is -0.177. The van der Waals surface area contributed by atoms with Gasteiger partial charge in [0.2, 0.25) is 0 Å². The SMILES string of the molecule is CC(O)C1CCC2C3CCC4=CC(=O)C=CC4(C)C3CCC12C. The van der Waals surface area contributed by atoms with Crippen molar-refractivity contribution in [1.29, 1.82) is 0 Å². The third-order valence-corrected chi connectivity index (χ3v) is 8.21. The molecule has 0 aromatic rings. The normalized spacial score (nSPS) is 49.9. The lowest BCUT2D eigenvalue weighted by Gasteiger charge is -2.57. The van der Waals surface area contributed by atoms with Gasteiger partial charge in [-0.25, -0.2) is 0 Å². The molecule has 7 unspecified atom stereocenters. The Morgan fingerprint density at radius 3 is 2.70 bits per heavy atom. The number of aliphatic hydroxyl groups excluding tert-OH is 1. The van der Waals surface area contributed by atoms with Crippen molar-refractivity contribution in [1.82, 2.24) is 0 Å². The van der Waals surface area contributed by atoms with E-state index in [1.165, 1.54) is 37.7 Å². The van der Waals surface area contributed by atoms with E-state index in [9.17, 15) is 9.90 Å². The summed E-state index contributed by atoms with van der Waals surface area (Å²) in [5.74, 6) is 2.84. The van der Waals surface area contributed by atoms with Gasteiger partial charge in [0, 0.05) is 5.41 Å². The van der Waals surface area contributed by atoms with Gasteiger partial charge in [0.05, 0.1) is 6.10 Å². The average Bonchev–Trinajstić information content (AvgIpc) is 2.85. The molecule has 126 valence electrons. The fourth-order valence-electron chi connectivity index (χ4n) is 7.03. The summed E-state index contributed by atoms with van der Waals surface area (Å²) < 4.78 is 0. The lowest BCUT2D eigenvalue weighted by molar-refractivity contribution is -0.111. The van der Waals surface area contributed by atoms with E-state index in [1.54, 1.807) is 6.08 Å². The third kappa shape index (κ3) is 2.06. The van der Waals surface area contributed by atoms with Crippen molar-refractivity contribution in [2.45, 2.75) is 65.4 Å². The highest BCUT2D eigenvalue weighted by Gasteiger charge is 2.58. The van der Waals surface area contributed by atoms with E-state index in [1.807, 2.05) is 13.0 Å². The topological polar surface area (TPSA) is 37.3 Å². The Morgan fingerprint density at radius 2 is 1.96 bits per heavy atom. The summed E-state index contributed by atoms with van der Waals surface area (Å²) in [6.45, 7) is 6.80. The van der Waals surface area contributed by atoms with Crippen molar-refractivity contribution in [3.05, 3.63) is 23.8 Å². The summed E-state index contributed by atoms with van der Waals surface area (Å²) in [5, 5.41) is 10.3. The Kier molecular flexibility index (Phi) is 3.43. The van der Waals surface area contributed by atoms with E-state index in [0.29, 0.717) is 17.3 Å². The third-order valence-electron chi connectivity index (χ3n) is 8.21. The molecule has 23 heavy (non-hydrogen) atoms. The van der Waals surface area contributed by atoms with Crippen LogP contribution in [0.15, 0.2) is 23.8 Å². The maximum atomic E-state index is 11.8. The van der Waals surface area contributed by atoms with Crippen molar-refractivity contribution >= 4 is 5.78 Å². The predicted molar refractivity (Wildman–Crippen MR) is 91.8 cm³/mol. The van der Waals surface area contributed by atoms with Gasteiger partial charge >= 0.3 is 0 Å². The summed E-state index contributed by atoms with van der Waals surface area (Å²) in [6, 6.07) is 0. The van der Waals surface area contributed by atoms with Gasteiger partial charge in [0.15, 0.2) is 5.78 Å². The van der Waals surface area contributed by atoms with Crippen molar-refractivity contribution in [3.63, 3.8) is 0 Å². The smallest absolute Gasteiger partial charge is 0.178 e. The quantitative estimate of drug-likeness (QED) is 0.784. The largest absolute Gasteiger partial charge is 0.393 e. The number of rotatable bonds is 1. The molecule has 3 saturated carbocycles. The van der Waals surface area contributed by atoms with Crippen LogP contribution in [0, 0.1) is 34.5 Å². The molecule has 2 nitrogen and oxygen atoms in total. The standard InChI is InChI=1S/C21H30O2/c1-13(22)17-6-7-18-16-5-4-14-12-15(23)8-10-20(14,2)19(16)9-11-21(17,18)3/h8,10,12-13,16-19,22H,4-7,9,11H2,1-3H3. The van der Waals surface area contributed by atoms with Crippen molar-refractivity contribution in [2.75, 3.05) is 0 Å². The minimum Gasteiger partial charge on any atom is -0.393 e. The molecule has 1 N–H and O–H groups in total. The Hall–Kier alpha value is -0.890. The molecule has 4 aliphatic carbocycles. The van der Waals surface area contributed by atoms with Crippen LogP contribution in [0.2, 0.25) is 0 Å². The first-order valence-corrected chi connectivity index (χ1v) is 9.48. The van der Waals surface area contributed by atoms with E-state index in [-0.39, 0.29) is 17.3 Å². The van der Waals surface area contributed by atoms with Crippen LogP contribution in [-0.4, -0.2) is 17.0 Å². The summed E-state index contributed by atoms with van der Waals surface area (Å²) in [5.41, 5.74) is 1.79. The van der Waals surface area contributed by atoms with E-state index in [0.717, 1.165) is 18.3 Å². The second kappa shape index (κ2) is 5.05. The lowest BCUT2D eigenvalue weighted by atomic mass is 9.47. The lowest BCUT2D eigenvalue weighted by Crippen LogP contribution is -2.50. The number of hydrogen-bond donors (Lipinski definition) is 1. The molecular formula is C21H30O2. The second-order valence-corrected chi connectivity index (χ2v) is 9.07. The number of hydrogen-bond acceptors (Lipinski definition) is 2. The van der Waals surface area contributed by atoms with E-state index < -0.39 is 0 Å². The maximum Gasteiger partial charge on any atom is 0.178 e.